The van der Waals surface area contributed by atoms with Gasteiger partial charge in [-0.05, 0) is 0 Å². The third kappa shape index (κ3) is 5.78. The highest BCUT2D eigenvalue weighted by molar-refractivity contribution is 7.85. The second-order valence-corrected chi connectivity index (χ2v) is 12.2. The van der Waals surface area contributed by atoms with Crippen molar-refractivity contribution >= 4 is 47.2 Å². The first-order chi connectivity index (χ1) is 14.2. The van der Waals surface area contributed by atoms with Crippen molar-refractivity contribution in [2.45, 2.75) is 24.5 Å². The van der Waals surface area contributed by atoms with Gasteiger partial charge in [0.1, 0.15) is 30.2 Å². The molecule has 1 aliphatic heterocycles. The molecule has 6 atom stereocenters. The number of anilines is 1. The number of aliphatic hydroxyl groups is 2. The number of hydrogen-bond donors (Lipinski definition) is 6. The van der Waals surface area contributed by atoms with Crippen LogP contribution in [0.4, 0.5) is 5.82 Å². The number of fused-ring (bicyclic) bond motifs is 1. The Hall–Kier alpha value is -1.22. The number of nitrogens with zero attached hydrogens (tertiary/aromatic N) is 4. The lowest BCUT2D eigenvalue weighted by molar-refractivity contribution is -0.0478. The van der Waals surface area contributed by atoms with Gasteiger partial charge >= 0.3 is 15.2 Å². The van der Waals surface area contributed by atoms with E-state index < -0.39 is 59.7 Å². The number of nitrogens with two attached hydrogens (primary N) is 1. The van der Waals surface area contributed by atoms with E-state index in [9.17, 15) is 28.8 Å². The van der Waals surface area contributed by atoms with Crippen LogP contribution in [0.3, 0.4) is 0 Å². The van der Waals surface area contributed by atoms with E-state index in [1.165, 1.54) is 10.9 Å². The summed E-state index contributed by atoms with van der Waals surface area (Å²) in [5, 5.41) is 20.5. The molecular weight excluding hydrogens is 482 g/mol. The normalized spacial score (nSPS) is 28.4. The predicted molar refractivity (Wildman–Crippen MR) is 103 cm³/mol. The molecule has 7 N–H and O–H groups in total. The van der Waals surface area contributed by atoms with Gasteiger partial charge in [-0.3, -0.25) is 18.3 Å². The summed E-state index contributed by atoms with van der Waals surface area (Å²) in [6.45, 7) is -0.776. The third-order valence-electron chi connectivity index (χ3n) is 4.02. The number of aromatic nitrogens is 4. The Morgan fingerprint density at radius 1 is 1.16 bits per heavy atom. The van der Waals surface area contributed by atoms with E-state index in [-0.39, 0.29) is 17.0 Å². The zero-order valence-electron chi connectivity index (χ0n) is 15.3. The van der Waals surface area contributed by atoms with Crippen molar-refractivity contribution in [2.24, 2.45) is 0 Å². The summed E-state index contributed by atoms with van der Waals surface area (Å²) < 4.78 is 50.3. The molecule has 4 unspecified atom stereocenters. The standard InChI is InChI=1S/C11H17BN5O11P3/c12-31(25,28-30(23,24)4-29(20,21)22)26-1-5-7(18)8(19)11(27-5)17-3-16-6-9(13)14-2-15-10(6)17/h2-3,5,7-8,11,18-19H,1,4H2,(H,23,24)(H2,13,14,15)(H2,20,21,22)/t5-,7?,8?,11-,31?/m1/s1. The lowest BCUT2D eigenvalue weighted by atomic mass is 10.1. The average molecular weight is 499 g/mol. The predicted octanol–water partition coefficient (Wildman–Crippen LogP) is -1.34. The van der Waals surface area contributed by atoms with E-state index in [4.69, 9.17) is 32.3 Å². The lowest BCUT2D eigenvalue weighted by Crippen LogP contribution is -2.33. The highest BCUT2D eigenvalue weighted by Gasteiger charge is 2.45. The Bertz CT molecular complexity index is 1110. The minimum atomic E-state index is -5.08. The van der Waals surface area contributed by atoms with Gasteiger partial charge in [-0.1, -0.05) is 0 Å². The molecule has 3 heterocycles. The maximum absolute atomic E-state index is 12.1. The van der Waals surface area contributed by atoms with Crippen LogP contribution >= 0.6 is 22.7 Å². The molecule has 2 radical (unpaired) electrons. The van der Waals surface area contributed by atoms with Gasteiger partial charge in [0.05, 0.1) is 12.9 Å². The van der Waals surface area contributed by atoms with Gasteiger partial charge in [0.15, 0.2) is 23.6 Å². The maximum atomic E-state index is 12.1. The summed E-state index contributed by atoms with van der Waals surface area (Å²) in [5.41, 5.74) is 6.10. The first kappa shape index (κ1) is 24.4. The monoisotopic (exact) mass is 499 g/mol. The van der Waals surface area contributed by atoms with Crippen LogP contribution < -0.4 is 5.73 Å². The van der Waals surface area contributed by atoms with Crippen LogP contribution in [0.2, 0.25) is 0 Å². The van der Waals surface area contributed by atoms with Crippen molar-refractivity contribution < 1.29 is 52.2 Å². The summed E-state index contributed by atoms with van der Waals surface area (Å²) in [6.07, 6.45) is -3.28. The van der Waals surface area contributed by atoms with Crippen LogP contribution in [0.1, 0.15) is 6.23 Å². The van der Waals surface area contributed by atoms with Gasteiger partial charge in [0.25, 0.3) is 7.47 Å². The fourth-order valence-corrected chi connectivity index (χ4v) is 7.29. The molecule has 0 aliphatic carbocycles. The molecule has 2 aromatic heterocycles. The lowest BCUT2D eigenvalue weighted by Gasteiger charge is -2.21. The minimum Gasteiger partial charge on any atom is -0.387 e. The topological polar surface area (TPSA) is 250 Å². The van der Waals surface area contributed by atoms with Crippen molar-refractivity contribution in [1.82, 2.24) is 19.5 Å². The highest BCUT2D eigenvalue weighted by Crippen LogP contribution is 2.64. The van der Waals surface area contributed by atoms with E-state index in [0.717, 1.165) is 6.33 Å². The number of aliphatic hydroxyl groups excluding tert-OH is 2. The largest absolute Gasteiger partial charge is 0.387 e. The molecular formula is C11H17BN5O11P3. The van der Waals surface area contributed by atoms with Crippen LogP contribution in [0.15, 0.2) is 12.7 Å². The Morgan fingerprint density at radius 3 is 2.48 bits per heavy atom. The van der Waals surface area contributed by atoms with Gasteiger partial charge in [-0.2, -0.15) is 0 Å². The summed E-state index contributed by atoms with van der Waals surface area (Å²) in [7, 11) is -9.69. The zero-order chi connectivity index (χ0) is 23.2. The van der Waals surface area contributed by atoms with Crippen molar-refractivity contribution in [3.63, 3.8) is 0 Å². The molecule has 0 aromatic carbocycles. The van der Waals surface area contributed by atoms with Gasteiger partial charge in [0, 0.05) is 0 Å². The molecule has 16 nitrogen and oxygen atoms in total. The number of ether oxygens (including phenoxy) is 1. The first-order valence-corrected chi connectivity index (χ1v) is 13.4. The van der Waals surface area contributed by atoms with E-state index in [2.05, 4.69) is 19.3 Å². The molecule has 31 heavy (non-hydrogen) atoms. The van der Waals surface area contributed by atoms with Crippen LogP contribution in [-0.2, 0) is 27.3 Å². The summed E-state index contributed by atoms with van der Waals surface area (Å²) in [4.78, 5) is 38.7. The fraction of sp³-hybridized carbons (Fsp3) is 0.545. The second kappa shape index (κ2) is 8.62. The van der Waals surface area contributed by atoms with Gasteiger partial charge < -0.3 is 39.9 Å². The molecule has 0 bridgehead atoms. The van der Waals surface area contributed by atoms with Crippen LogP contribution in [0, 0.1) is 0 Å². The molecule has 2 aromatic rings. The van der Waals surface area contributed by atoms with Crippen molar-refractivity contribution in [3.8, 4) is 0 Å². The van der Waals surface area contributed by atoms with Crippen molar-refractivity contribution in [1.29, 1.82) is 0 Å². The minimum absolute atomic E-state index is 0.0710. The second-order valence-electron chi connectivity index (χ2n) is 6.49. The summed E-state index contributed by atoms with van der Waals surface area (Å²) >= 11 is 0. The van der Waals surface area contributed by atoms with Crippen LogP contribution in [-0.4, -0.2) is 82.8 Å². The molecule has 0 saturated carbocycles. The molecule has 1 fully saturated rings. The van der Waals surface area contributed by atoms with Gasteiger partial charge in [-0.15, -0.1) is 0 Å². The van der Waals surface area contributed by atoms with E-state index in [1.807, 2.05) is 0 Å². The molecule has 170 valence electrons. The first-order valence-electron chi connectivity index (χ1n) is 8.24. The van der Waals surface area contributed by atoms with Gasteiger partial charge in [-0.25, -0.2) is 19.3 Å². The smallest absolute Gasteiger partial charge is 0.346 e. The quantitative estimate of drug-likeness (QED) is 0.182. The Morgan fingerprint density at radius 2 is 1.84 bits per heavy atom. The Kier molecular flexibility index (Phi) is 6.79. The van der Waals surface area contributed by atoms with Crippen LogP contribution in [0.5, 0.6) is 0 Å². The molecule has 3 rings (SSSR count). The third-order valence-corrected chi connectivity index (χ3v) is 9.37. The van der Waals surface area contributed by atoms with Crippen LogP contribution in [0.25, 0.3) is 11.2 Å². The van der Waals surface area contributed by atoms with Crippen molar-refractivity contribution in [3.05, 3.63) is 12.7 Å². The van der Waals surface area contributed by atoms with E-state index in [1.54, 1.807) is 0 Å². The molecule has 20 heteroatoms. The SMILES string of the molecule is [B]P(=O)(OC[C@H]1O[C@@H](n2cnc3c(N)ncnc32)C(O)C1O)OP(=O)(O)CP(=O)(O)O. The number of nitrogen functional groups attached to an aromatic ring is 1. The van der Waals surface area contributed by atoms with Crippen molar-refractivity contribution in [2.75, 3.05) is 18.2 Å². The Balaban J connectivity index is 1.69. The number of rotatable bonds is 8. The van der Waals surface area contributed by atoms with E-state index >= 15 is 0 Å². The average Bonchev–Trinajstić information content (AvgIpc) is 3.13. The summed E-state index contributed by atoms with van der Waals surface area (Å²) in [6, 6.07) is 0. The summed E-state index contributed by atoms with van der Waals surface area (Å²) in [5.74, 6) is -1.56. The molecule has 1 aliphatic rings. The fourth-order valence-electron chi connectivity index (χ4n) is 2.79. The number of hydrogen-bond acceptors (Lipinski definition) is 12. The molecule has 1 saturated heterocycles. The van der Waals surface area contributed by atoms with Gasteiger partial charge in [0.2, 0.25) is 7.57 Å². The highest BCUT2D eigenvalue weighted by atomic mass is 31.3. The maximum Gasteiger partial charge on any atom is 0.346 e. The number of imidazole rings is 1. The van der Waals surface area contributed by atoms with E-state index in [0.29, 0.717) is 0 Å². The Labute approximate surface area is 175 Å². The molecule has 0 spiro atoms. The molecule has 0 amide bonds. The zero-order valence-corrected chi connectivity index (χ0v) is 18.0.